The van der Waals surface area contributed by atoms with E-state index >= 15 is 0 Å². The van der Waals surface area contributed by atoms with E-state index in [2.05, 4.69) is 37.9 Å². The van der Waals surface area contributed by atoms with Crippen LogP contribution in [-0.4, -0.2) is 37.1 Å². The Labute approximate surface area is 95.4 Å². The van der Waals surface area contributed by atoms with Gasteiger partial charge in [-0.15, -0.1) is 0 Å². The molecule has 0 aromatic heterocycles. The lowest BCUT2D eigenvalue weighted by molar-refractivity contribution is 0.179. The number of rotatable bonds is 5. The van der Waals surface area contributed by atoms with Crippen molar-refractivity contribution in [3.8, 4) is 0 Å². The molecule has 1 fully saturated rings. The molecule has 0 amide bonds. The van der Waals surface area contributed by atoms with Crippen molar-refractivity contribution in [1.29, 1.82) is 0 Å². The highest BCUT2D eigenvalue weighted by Crippen LogP contribution is 2.11. The van der Waals surface area contributed by atoms with Crippen molar-refractivity contribution in [3.63, 3.8) is 0 Å². The van der Waals surface area contributed by atoms with Crippen molar-refractivity contribution >= 4 is 0 Å². The SMILES string of the molecule is CC(C)CCN1CCNC(CC(C)C)C1. The number of nitrogens with one attached hydrogen (secondary N) is 1. The molecule has 15 heavy (non-hydrogen) atoms. The van der Waals surface area contributed by atoms with E-state index in [9.17, 15) is 0 Å². The van der Waals surface area contributed by atoms with E-state index < -0.39 is 0 Å². The zero-order valence-corrected chi connectivity index (χ0v) is 10.9. The van der Waals surface area contributed by atoms with E-state index in [1.165, 1.54) is 39.0 Å². The molecule has 1 aliphatic heterocycles. The lowest BCUT2D eigenvalue weighted by Crippen LogP contribution is -2.51. The normalized spacial score (nSPS) is 24.0. The second-order valence-corrected chi connectivity index (χ2v) is 5.76. The van der Waals surface area contributed by atoms with Crippen LogP contribution in [0.1, 0.15) is 40.5 Å². The second-order valence-electron chi connectivity index (χ2n) is 5.76. The van der Waals surface area contributed by atoms with Gasteiger partial charge in [0.1, 0.15) is 0 Å². The molecule has 1 aliphatic rings. The smallest absolute Gasteiger partial charge is 0.0197 e. The molecule has 0 saturated carbocycles. The molecule has 2 nitrogen and oxygen atoms in total. The molecular formula is C13H28N2. The van der Waals surface area contributed by atoms with Gasteiger partial charge in [0.2, 0.25) is 0 Å². The maximum absolute atomic E-state index is 3.63. The van der Waals surface area contributed by atoms with Crippen LogP contribution in [0.3, 0.4) is 0 Å². The van der Waals surface area contributed by atoms with E-state index in [1.54, 1.807) is 0 Å². The maximum Gasteiger partial charge on any atom is 0.0197 e. The molecule has 1 saturated heterocycles. The molecule has 2 heteroatoms. The van der Waals surface area contributed by atoms with Crippen LogP contribution in [0, 0.1) is 11.8 Å². The third-order valence-electron chi connectivity index (χ3n) is 3.12. The predicted octanol–water partition coefficient (Wildman–Crippen LogP) is 2.35. The van der Waals surface area contributed by atoms with E-state index in [0.29, 0.717) is 0 Å². The van der Waals surface area contributed by atoms with Crippen LogP contribution in [0.5, 0.6) is 0 Å². The molecule has 90 valence electrons. The summed E-state index contributed by atoms with van der Waals surface area (Å²) in [6.07, 6.45) is 2.66. The molecule has 1 heterocycles. The van der Waals surface area contributed by atoms with Gasteiger partial charge in [-0.1, -0.05) is 27.7 Å². The fourth-order valence-corrected chi connectivity index (χ4v) is 2.27. The van der Waals surface area contributed by atoms with Crippen LogP contribution >= 0.6 is 0 Å². The molecule has 0 aromatic carbocycles. The Kier molecular flexibility index (Phi) is 5.62. The number of hydrogen-bond acceptors (Lipinski definition) is 2. The van der Waals surface area contributed by atoms with Crippen LogP contribution in [-0.2, 0) is 0 Å². The Hall–Kier alpha value is -0.0800. The fraction of sp³-hybridized carbons (Fsp3) is 1.00. The zero-order chi connectivity index (χ0) is 11.3. The van der Waals surface area contributed by atoms with Crippen molar-refractivity contribution in [3.05, 3.63) is 0 Å². The lowest BCUT2D eigenvalue weighted by atomic mass is 10.0. The van der Waals surface area contributed by atoms with Gasteiger partial charge in [-0.2, -0.15) is 0 Å². The van der Waals surface area contributed by atoms with Crippen molar-refractivity contribution in [1.82, 2.24) is 10.2 Å². The lowest BCUT2D eigenvalue weighted by Gasteiger charge is -2.34. The van der Waals surface area contributed by atoms with Crippen molar-refractivity contribution in [2.75, 3.05) is 26.2 Å². The summed E-state index contributed by atoms with van der Waals surface area (Å²) >= 11 is 0. The van der Waals surface area contributed by atoms with Gasteiger partial charge in [-0.3, -0.25) is 0 Å². The van der Waals surface area contributed by atoms with Gasteiger partial charge in [0.15, 0.2) is 0 Å². The van der Waals surface area contributed by atoms with Crippen molar-refractivity contribution < 1.29 is 0 Å². The van der Waals surface area contributed by atoms with E-state index in [4.69, 9.17) is 0 Å². The maximum atomic E-state index is 3.63. The predicted molar refractivity (Wildman–Crippen MR) is 67.1 cm³/mol. The third kappa shape index (κ3) is 5.53. The van der Waals surface area contributed by atoms with Crippen LogP contribution in [0.25, 0.3) is 0 Å². The van der Waals surface area contributed by atoms with E-state index in [-0.39, 0.29) is 0 Å². The van der Waals surface area contributed by atoms with Gasteiger partial charge >= 0.3 is 0 Å². The first-order chi connectivity index (χ1) is 7.08. The van der Waals surface area contributed by atoms with E-state index in [1.807, 2.05) is 0 Å². The first-order valence-electron chi connectivity index (χ1n) is 6.53. The summed E-state index contributed by atoms with van der Waals surface area (Å²) in [7, 11) is 0. The average molecular weight is 212 g/mol. The quantitative estimate of drug-likeness (QED) is 0.752. The van der Waals surface area contributed by atoms with Gasteiger partial charge in [0, 0.05) is 25.7 Å². The highest BCUT2D eigenvalue weighted by molar-refractivity contribution is 4.79. The van der Waals surface area contributed by atoms with Crippen LogP contribution in [0.15, 0.2) is 0 Å². The third-order valence-corrected chi connectivity index (χ3v) is 3.12. The van der Waals surface area contributed by atoms with Gasteiger partial charge in [0.05, 0.1) is 0 Å². The molecule has 1 rings (SSSR count). The van der Waals surface area contributed by atoms with Crippen LogP contribution in [0.2, 0.25) is 0 Å². The topological polar surface area (TPSA) is 15.3 Å². The minimum absolute atomic E-state index is 0.728. The Morgan fingerprint density at radius 3 is 2.53 bits per heavy atom. The monoisotopic (exact) mass is 212 g/mol. The number of nitrogens with zero attached hydrogens (tertiary/aromatic N) is 1. The Morgan fingerprint density at radius 1 is 1.20 bits per heavy atom. The molecule has 0 aliphatic carbocycles. The first kappa shape index (κ1) is 13.0. The van der Waals surface area contributed by atoms with Crippen LogP contribution in [0.4, 0.5) is 0 Å². The molecule has 0 radical (unpaired) electrons. The Morgan fingerprint density at radius 2 is 1.93 bits per heavy atom. The summed E-state index contributed by atoms with van der Waals surface area (Å²) < 4.78 is 0. The van der Waals surface area contributed by atoms with Crippen molar-refractivity contribution in [2.24, 2.45) is 11.8 Å². The standard InChI is InChI=1S/C13H28N2/c1-11(2)5-7-15-8-6-14-13(10-15)9-12(3)4/h11-14H,5-10H2,1-4H3. The minimum atomic E-state index is 0.728. The number of hydrogen-bond donors (Lipinski definition) is 1. The summed E-state index contributed by atoms with van der Waals surface area (Å²) in [6.45, 7) is 14.2. The summed E-state index contributed by atoms with van der Waals surface area (Å²) in [5.41, 5.74) is 0. The zero-order valence-electron chi connectivity index (χ0n) is 10.9. The van der Waals surface area contributed by atoms with Crippen LogP contribution < -0.4 is 5.32 Å². The van der Waals surface area contributed by atoms with E-state index in [0.717, 1.165) is 17.9 Å². The average Bonchev–Trinajstić information content (AvgIpc) is 2.14. The highest BCUT2D eigenvalue weighted by Gasteiger charge is 2.19. The summed E-state index contributed by atoms with van der Waals surface area (Å²) in [6, 6.07) is 0.728. The molecule has 1 unspecified atom stereocenters. The molecule has 0 bridgehead atoms. The Bertz CT molecular complexity index is 166. The molecular weight excluding hydrogens is 184 g/mol. The first-order valence-corrected chi connectivity index (χ1v) is 6.53. The minimum Gasteiger partial charge on any atom is -0.311 e. The molecule has 0 aromatic rings. The molecule has 1 N–H and O–H groups in total. The molecule has 0 spiro atoms. The second kappa shape index (κ2) is 6.49. The molecule has 1 atom stereocenters. The summed E-state index contributed by atoms with van der Waals surface area (Å²) in [4.78, 5) is 2.63. The Balaban J connectivity index is 2.23. The van der Waals surface area contributed by atoms with Gasteiger partial charge in [-0.25, -0.2) is 0 Å². The number of piperazine rings is 1. The fourth-order valence-electron chi connectivity index (χ4n) is 2.27. The summed E-state index contributed by atoms with van der Waals surface area (Å²) in [5, 5.41) is 3.63. The van der Waals surface area contributed by atoms with Gasteiger partial charge < -0.3 is 10.2 Å². The van der Waals surface area contributed by atoms with Crippen molar-refractivity contribution in [2.45, 2.75) is 46.6 Å². The summed E-state index contributed by atoms with van der Waals surface area (Å²) in [5.74, 6) is 1.65. The van der Waals surface area contributed by atoms with Gasteiger partial charge in [0.25, 0.3) is 0 Å². The van der Waals surface area contributed by atoms with Gasteiger partial charge in [-0.05, 0) is 31.2 Å². The largest absolute Gasteiger partial charge is 0.311 e. The highest BCUT2D eigenvalue weighted by atomic mass is 15.2.